The van der Waals surface area contributed by atoms with Gasteiger partial charge >= 0.3 is 6.36 Å². The molecule has 3 unspecified atom stereocenters. The molecule has 0 saturated carbocycles. The molecule has 322 valence electrons. The zero-order valence-corrected chi connectivity index (χ0v) is 35.9. The zero-order chi connectivity index (χ0) is 43.3. The lowest BCUT2D eigenvalue weighted by Crippen LogP contribution is -2.50. The third kappa shape index (κ3) is 18.5. The first-order valence-electron chi connectivity index (χ1n) is 19.2. The highest BCUT2D eigenvalue weighted by Gasteiger charge is 2.41. The van der Waals surface area contributed by atoms with E-state index in [0.29, 0.717) is 31.1 Å². The van der Waals surface area contributed by atoms with E-state index in [-0.39, 0.29) is 35.1 Å². The minimum absolute atomic E-state index is 0.140. The molecule has 1 saturated heterocycles. The molecule has 5 aromatic carbocycles. The summed E-state index contributed by atoms with van der Waals surface area (Å²) in [6.45, 7) is 2.85. The van der Waals surface area contributed by atoms with Gasteiger partial charge in [0.2, 0.25) is 0 Å². The third-order valence-electron chi connectivity index (χ3n) is 9.17. The normalized spacial score (nSPS) is 17.8. The van der Waals surface area contributed by atoms with Crippen LogP contribution in [-0.2, 0) is 40.5 Å². The van der Waals surface area contributed by atoms with E-state index in [9.17, 15) is 18.3 Å². The summed E-state index contributed by atoms with van der Waals surface area (Å²) >= 11 is 6.53. The molecule has 0 bridgehead atoms. The first kappa shape index (κ1) is 49.5. The van der Waals surface area contributed by atoms with Crippen molar-refractivity contribution in [2.45, 2.75) is 70.4 Å². The van der Waals surface area contributed by atoms with Crippen molar-refractivity contribution in [3.63, 3.8) is 0 Å². The summed E-state index contributed by atoms with van der Waals surface area (Å²) in [7, 11) is 0.838. The molecule has 12 heteroatoms. The fraction of sp³-hybridized carbons (Fsp3) is 0.362. The van der Waals surface area contributed by atoms with Gasteiger partial charge in [-0.25, -0.2) is 10.0 Å². The summed E-state index contributed by atoms with van der Waals surface area (Å²) < 4.78 is 60.7. The molecule has 5 aromatic rings. The highest BCUT2D eigenvalue weighted by atomic mass is 35.5. The van der Waals surface area contributed by atoms with E-state index in [1.165, 1.54) is 17.9 Å². The Balaban J connectivity index is 0.000000489. The van der Waals surface area contributed by atoms with Crippen molar-refractivity contribution in [1.82, 2.24) is 0 Å². The largest absolute Gasteiger partial charge is 0.573 e. The summed E-state index contributed by atoms with van der Waals surface area (Å²) in [5.74, 6) is 1.07. The predicted octanol–water partition coefficient (Wildman–Crippen LogP) is 10.3. The lowest BCUT2D eigenvalue weighted by Gasteiger charge is -2.41. The third-order valence-corrected chi connectivity index (χ3v) is 11.3. The summed E-state index contributed by atoms with van der Waals surface area (Å²) in [6.07, 6.45) is 1.18. The number of aliphatic hydroxyl groups excluding tert-OH is 3. The number of aliphatic hydroxyl groups is 3. The van der Waals surface area contributed by atoms with Crippen LogP contribution in [-0.4, -0.2) is 78.2 Å². The van der Waals surface area contributed by atoms with Crippen molar-refractivity contribution >= 4 is 21.6 Å². The number of halogens is 4. The Kier molecular flexibility index (Phi) is 21.5. The van der Waals surface area contributed by atoms with E-state index < -0.39 is 24.7 Å². The van der Waals surface area contributed by atoms with Crippen LogP contribution in [0.2, 0.25) is 5.02 Å². The van der Waals surface area contributed by atoms with Crippen molar-refractivity contribution in [3.8, 4) is 5.75 Å². The maximum Gasteiger partial charge on any atom is 0.573 e. The molecule has 1 fully saturated rings. The second-order valence-corrected chi connectivity index (χ2v) is 19.6. The average molecular weight is 859 g/mol. The van der Waals surface area contributed by atoms with Gasteiger partial charge in [0.15, 0.2) is 0 Å². The van der Waals surface area contributed by atoms with Crippen molar-refractivity contribution in [2.24, 2.45) is 0 Å². The number of ether oxygens (including phenoxy) is 4. The van der Waals surface area contributed by atoms with Gasteiger partial charge in [-0.2, -0.15) is 0 Å². The molecule has 1 aliphatic heterocycles. The Labute approximate surface area is 354 Å². The molecule has 59 heavy (non-hydrogen) atoms. The lowest BCUT2D eigenvalue weighted by molar-refractivity contribution is -0.274. The Morgan fingerprint density at radius 2 is 1.22 bits per heavy atom. The minimum Gasteiger partial charge on any atom is -0.406 e. The van der Waals surface area contributed by atoms with Gasteiger partial charge in [0.1, 0.15) is 18.0 Å². The van der Waals surface area contributed by atoms with E-state index in [4.69, 9.17) is 36.0 Å². The second kappa shape index (κ2) is 25.7. The number of hydrogen-bond donors (Lipinski definition) is 3. The molecular weight excluding hydrogens is 801 g/mol. The molecule has 0 aromatic heterocycles. The van der Waals surface area contributed by atoms with Crippen LogP contribution in [0.3, 0.4) is 0 Å². The molecule has 0 aliphatic carbocycles. The standard InChI is InChI=1S/C34H32ClF3O5.C7H8O.C5H14S.CH4O/c35-29-16-13-26(18-27(29)17-23-11-14-28(15-12-23)43-34(36,37)38)30-19-31(40-21-24-7-3-1-4-8-24)33(32(20-39)42-30)41-22-25-9-5-2-6-10-25;8-6-7-4-2-1-3-5-7;1-5-6(2,3)4;1-2/h1-16,18,30-33,39H,17,19-22H2;1-5,8H,6H2;5H2,1-4H3;2H,1H3/t30?,31?,32?,33-;;;/m0.../s1. The summed E-state index contributed by atoms with van der Waals surface area (Å²) in [4.78, 5) is 0. The predicted molar refractivity (Wildman–Crippen MR) is 233 cm³/mol. The fourth-order valence-corrected chi connectivity index (χ4v) is 5.94. The number of rotatable bonds is 13. The van der Waals surface area contributed by atoms with Crippen LogP contribution in [0, 0.1) is 0 Å². The van der Waals surface area contributed by atoms with Crippen LogP contribution in [0.25, 0.3) is 0 Å². The van der Waals surface area contributed by atoms with Crippen LogP contribution in [0.5, 0.6) is 5.75 Å². The van der Waals surface area contributed by atoms with E-state index in [0.717, 1.165) is 40.5 Å². The Morgan fingerprint density at radius 1 is 0.712 bits per heavy atom. The average Bonchev–Trinajstić information content (AvgIpc) is 3.25. The van der Waals surface area contributed by atoms with E-state index >= 15 is 0 Å². The monoisotopic (exact) mass is 858 g/mol. The zero-order valence-electron chi connectivity index (χ0n) is 34.4. The van der Waals surface area contributed by atoms with Gasteiger partial charge in [0.05, 0.1) is 38.6 Å². The van der Waals surface area contributed by atoms with Crippen molar-refractivity contribution < 1.29 is 47.4 Å². The first-order valence-corrected chi connectivity index (χ1v) is 22.6. The van der Waals surface area contributed by atoms with Crippen molar-refractivity contribution in [2.75, 3.05) is 38.2 Å². The van der Waals surface area contributed by atoms with Gasteiger partial charge in [0, 0.05) is 18.6 Å². The van der Waals surface area contributed by atoms with Gasteiger partial charge in [-0.3, -0.25) is 0 Å². The minimum atomic E-state index is -4.75. The Hall–Kier alpha value is -3.91. The van der Waals surface area contributed by atoms with Gasteiger partial charge in [-0.1, -0.05) is 134 Å². The quantitative estimate of drug-likeness (QED) is 0.109. The summed E-state index contributed by atoms with van der Waals surface area (Å²) in [5.41, 5.74) is 5.40. The highest BCUT2D eigenvalue weighted by Crippen LogP contribution is 2.37. The maximum absolute atomic E-state index is 12.5. The van der Waals surface area contributed by atoms with Crippen LogP contribution in [0.4, 0.5) is 13.2 Å². The molecule has 0 amide bonds. The lowest BCUT2D eigenvalue weighted by atomic mass is 9.92. The smallest absolute Gasteiger partial charge is 0.406 e. The first-order chi connectivity index (χ1) is 28.3. The second-order valence-electron chi connectivity index (χ2n) is 14.4. The molecule has 7 nitrogen and oxygen atoms in total. The van der Waals surface area contributed by atoms with Gasteiger partial charge in [-0.15, -0.1) is 13.2 Å². The number of benzene rings is 5. The summed E-state index contributed by atoms with van der Waals surface area (Å²) in [5, 5.41) is 26.4. The SMILES string of the molecule is CCS(C)(C)C.CO.OCC1OC(c2ccc(Cl)c(Cc3ccc(OC(F)(F)F)cc3)c2)CC(OCc2ccccc2)[C@@H]1OCc1ccccc1.OCc1ccccc1. The molecule has 4 atom stereocenters. The van der Waals surface area contributed by atoms with Crippen molar-refractivity contribution in [1.29, 1.82) is 0 Å². The van der Waals surface area contributed by atoms with E-state index in [2.05, 4.69) is 30.4 Å². The molecule has 0 radical (unpaired) electrons. The van der Waals surface area contributed by atoms with Crippen LogP contribution in [0.1, 0.15) is 52.8 Å². The summed E-state index contributed by atoms with van der Waals surface area (Å²) in [6, 6.07) is 40.5. The van der Waals surface area contributed by atoms with Crippen LogP contribution >= 0.6 is 21.6 Å². The van der Waals surface area contributed by atoms with Crippen LogP contribution < -0.4 is 4.74 Å². The van der Waals surface area contributed by atoms with Gasteiger partial charge in [-0.05, 0) is 82.5 Å². The maximum atomic E-state index is 12.5. The fourth-order valence-electron chi connectivity index (χ4n) is 5.75. The molecule has 6 rings (SSSR count). The molecule has 1 heterocycles. The molecular formula is C47H58ClF3O7S. The van der Waals surface area contributed by atoms with Crippen molar-refractivity contribution in [3.05, 3.63) is 172 Å². The number of alkyl halides is 3. The molecule has 1 aliphatic rings. The van der Waals surface area contributed by atoms with Crippen LogP contribution in [0.15, 0.2) is 133 Å². The highest BCUT2D eigenvalue weighted by molar-refractivity contribution is 8.32. The van der Waals surface area contributed by atoms with Gasteiger partial charge < -0.3 is 34.3 Å². The Bertz CT molecular complexity index is 1860. The van der Waals surface area contributed by atoms with Gasteiger partial charge in [0.25, 0.3) is 0 Å². The van der Waals surface area contributed by atoms with E-state index in [1.807, 2.05) is 103 Å². The molecule has 3 N–H and O–H groups in total. The number of hydrogen-bond acceptors (Lipinski definition) is 7. The Morgan fingerprint density at radius 3 is 1.68 bits per heavy atom. The van der Waals surface area contributed by atoms with E-state index in [1.54, 1.807) is 18.2 Å². The molecule has 0 spiro atoms. The topological polar surface area (TPSA) is 97.6 Å².